The van der Waals surface area contributed by atoms with Crippen LogP contribution in [-0.2, 0) is 6.18 Å². The second-order valence-electron chi connectivity index (χ2n) is 3.98. The Morgan fingerprint density at radius 3 is 2.71 bits per heavy atom. The summed E-state index contributed by atoms with van der Waals surface area (Å²) in [7, 11) is 0. The van der Waals surface area contributed by atoms with Gasteiger partial charge < -0.3 is 10.1 Å². The number of anilines is 2. The molecule has 1 heterocycles. The second kappa shape index (κ2) is 6.46. The van der Waals surface area contributed by atoms with Crippen molar-refractivity contribution in [3.8, 4) is 5.88 Å². The molecule has 0 aliphatic carbocycles. The van der Waals surface area contributed by atoms with Crippen molar-refractivity contribution < 1.29 is 17.9 Å². The monoisotopic (exact) mass is 409 g/mol. The number of alkyl halides is 3. The lowest BCUT2D eigenvalue weighted by atomic mass is 10.3. The summed E-state index contributed by atoms with van der Waals surface area (Å²) < 4.78 is 44.3. The van der Waals surface area contributed by atoms with Crippen LogP contribution in [0.1, 0.15) is 12.5 Å². The van der Waals surface area contributed by atoms with Crippen LogP contribution in [0, 0.1) is 3.57 Å². The summed E-state index contributed by atoms with van der Waals surface area (Å²) in [6.45, 7) is 1.68. The minimum atomic E-state index is -4.55. The summed E-state index contributed by atoms with van der Waals surface area (Å²) in [5.41, 5.74) is -0.304. The number of nitrogens with one attached hydrogen (secondary N) is 1. The molecule has 0 unspecified atom stereocenters. The van der Waals surface area contributed by atoms with Crippen molar-refractivity contribution in [2.75, 3.05) is 11.9 Å². The molecule has 0 fully saturated rings. The Morgan fingerprint density at radius 1 is 1.33 bits per heavy atom. The molecule has 1 aromatic heterocycles. The zero-order valence-electron chi connectivity index (χ0n) is 10.9. The van der Waals surface area contributed by atoms with Gasteiger partial charge in [-0.15, -0.1) is 0 Å². The smallest absolute Gasteiger partial charge is 0.423 e. The molecule has 4 nitrogen and oxygen atoms in total. The number of aromatic nitrogens is 2. The molecule has 0 radical (unpaired) electrons. The normalized spacial score (nSPS) is 11.3. The van der Waals surface area contributed by atoms with Crippen LogP contribution in [0.2, 0.25) is 0 Å². The van der Waals surface area contributed by atoms with E-state index in [0.717, 1.165) is 3.57 Å². The number of nitrogens with zero attached hydrogens (tertiary/aromatic N) is 2. The van der Waals surface area contributed by atoms with Gasteiger partial charge in [0.2, 0.25) is 11.8 Å². The van der Waals surface area contributed by atoms with Crippen molar-refractivity contribution in [1.29, 1.82) is 0 Å². The summed E-state index contributed by atoms with van der Waals surface area (Å²) in [4.78, 5) is 7.48. The van der Waals surface area contributed by atoms with E-state index >= 15 is 0 Å². The number of ether oxygens (including phenoxy) is 1. The van der Waals surface area contributed by atoms with Gasteiger partial charge in [0, 0.05) is 15.5 Å². The Labute approximate surface area is 132 Å². The molecule has 0 amide bonds. The van der Waals surface area contributed by atoms with Gasteiger partial charge in [-0.05, 0) is 47.7 Å². The summed E-state index contributed by atoms with van der Waals surface area (Å²) in [6.07, 6.45) is -3.83. The van der Waals surface area contributed by atoms with E-state index in [2.05, 4.69) is 37.9 Å². The molecule has 0 bridgehead atoms. The van der Waals surface area contributed by atoms with Crippen LogP contribution in [0.5, 0.6) is 5.88 Å². The van der Waals surface area contributed by atoms with Gasteiger partial charge >= 0.3 is 6.18 Å². The Morgan fingerprint density at radius 2 is 2.10 bits per heavy atom. The SMILES string of the molecule is CCOc1nc(Nc2cccc(I)c2)ncc1C(F)(F)F. The van der Waals surface area contributed by atoms with E-state index in [1.54, 1.807) is 13.0 Å². The van der Waals surface area contributed by atoms with Gasteiger partial charge in [0.05, 0.1) is 6.61 Å². The van der Waals surface area contributed by atoms with Crippen LogP contribution in [-0.4, -0.2) is 16.6 Å². The van der Waals surface area contributed by atoms with Crippen molar-refractivity contribution in [2.24, 2.45) is 0 Å². The number of hydrogen-bond donors (Lipinski definition) is 1. The summed E-state index contributed by atoms with van der Waals surface area (Å²) in [5, 5.41) is 2.85. The lowest BCUT2D eigenvalue weighted by molar-refractivity contribution is -0.139. The quantitative estimate of drug-likeness (QED) is 0.768. The predicted molar refractivity (Wildman–Crippen MR) is 80.6 cm³/mol. The molecule has 0 spiro atoms. The van der Waals surface area contributed by atoms with Gasteiger partial charge in [-0.3, -0.25) is 0 Å². The highest BCUT2D eigenvalue weighted by atomic mass is 127. The van der Waals surface area contributed by atoms with Crippen LogP contribution in [0.15, 0.2) is 30.5 Å². The topological polar surface area (TPSA) is 47.0 Å². The van der Waals surface area contributed by atoms with Crippen LogP contribution in [0.3, 0.4) is 0 Å². The Kier molecular flexibility index (Phi) is 4.86. The molecule has 0 saturated carbocycles. The van der Waals surface area contributed by atoms with E-state index < -0.39 is 17.6 Å². The molecule has 0 aliphatic heterocycles. The number of halogens is 4. The second-order valence-corrected chi connectivity index (χ2v) is 5.22. The Hall–Kier alpha value is -1.58. The fourth-order valence-electron chi connectivity index (χ4n) is 1.56. The van der Waals surface area contributed by atoms with E-state index in [0.29, 0.717) is 11.9 Å². The first-order valence-electron chi connectivity index (χ1n) is 5.99. The van der Waals surface area contributed by atoms with Crippen LogP contribution < -0.4 is 10.1 Å². The third kappa shape index (κ3) is 4.19. The number of hydrogen-bond acceptors (Lipinski definition) is 4. The molecular weight excluding hydrogens is 398 g/mol. The first-order chi connectivity index (χ1) is 9.90. The van der Waals surface area contributed by atoms with Gasteiger partial charge in [-0.1, -0.05) is 6.07 Å². The molecule has 21 heavy (non-hydrogen) atoms. The first-order valence-corrected chi connectivity index (χ1v) is 7.07. The highest BCUT2D eigenvalue weighted by Gasteiger charge is 2.36. The lowest BCUT2D eigenvalue weighted by Crippen LogP contribution is -2.12. The molecule has 0 aliphatic rings. The van der Waals surface area contributed by atoms with Gasteiger partial charge in [0.15, 0.2) is 0 Å². The maximum absolute atomic E-state index is 12.8. The average Bonchev–Trinajstić information content (AvgIpc) is 2.38. The van der Waals surface area contributed by atoms with Crippen LogP contribution >= 0.6 is 22.6 Å². The molecule has 1 aromatic carbocycles. The molecule has 2 aromatic rings. The van der Waals surface area contributed by atoms with Crippen molar-refractivity contribution in [3.05, 3.63) is 39.6 Å². The maximum atomic E-state index is 12.8. The molecule has 1 N–H and O–H groups in total. The third-order valence-corrected chi connectivity index (χ3v) is 3.09. The summed E-state index contributed by atoms with van der Waals surface area (Å²) in [5.74, 6) is -0.429. The van der Waals surface area contributed by atoms with Gasteiger partial charge in [0.1, 0.15) is 5.56 Å². The van der Waals surface area contributed by atoms with Gasteiger partial charge in [0.25, 0.3) is 0 Å². The minimum Gasteiger partial charge on any atom is -0.477 e. The van der Waals surface area contributed by atoms with Crippen molar-refractivity contribution in [1.82, 2.24) is 9.97 Å². The lowest BCUT2D eigenvalue weighted by Gasteiger charge is -2.13. The van der Waals surface area contributed by atoms with Gasteiger partial charge in [-0.25, -0.2) is 4.98 Å². The highest BCUT2D eigenvalue weighted by molar-refractivity contribution is 14.1. The van der Waals surface area contributed by atoms with Crippen molar-refractivity contribution >= 4 is 34.2 Å². The average molecular weight is 409 g/mol. The number of rotatable bonds is 4. The highest BCUT2D eigenvalue weighted by Crippen LogP contribution is 2.35. The van der Waals surface area contributed by atoms with E-state index in [1.807, 2.05) is 18.2 Å². The van der Waals surface area contributed by atoms with E-state index in [-0.39, 0.29) is 12.6 Å². The summed E-state index contributed by atoms with van der Waals surface area (Å²) >= 11 is 2.13. The third-order valence-electron chi connectivity index (χ3n) is 2.42. The summed E-state index contributed by atoms with van der Waals surface area (Å²) in [6, 6.07) is 7.30. The molecule has 8 heteroatoms. The largest absolute Gasteiger partial charge is 0.477 e. The Bertz CT molecular complexity index is 634. The molecule has 0 saturated heterocycles. The van der Waals surface area contributed by atoms with Crippen LogP contribution in [0.25, 0.3) is 0 Å². The Balaban J connectivity index is 2.31. The standard InChI is InChI=1S/C13H11F3IN3O/c1-2-21-11-10(13(14,15)16)7-18-12(20-11)19-9-5-3-4-8(17)6-9/h3-7H,2H2,1H3,(H,18,19,20). The van der Waals surface area contributed by atoms with Crippen molar-refractivity contribution in [3.63, 3.8) is 0 Å². The molecule has 2 rings (SSSR count). The van der Waals surface area contributed by atoms with Gasteiger partial charge in [-0.2, -0.15) is 18.2 Å². The van der Waals surface area contributed by atoms with E-state index in [4.69, 9.17) is 4.74 Å². The predicted octanol–water partition coefficient (Wildman–Crippen LogP) is 4.24. The molecule has 0 atom stereocenters. The van der Waals surface area contributed by atoms with E-state index in [1.165, 1.54) is 0 Å². The first kappa shape index (κ1) is 15.8. The molecule has 112 valence electrons. The minimum absolute atomic E-state index is 0.0495. The fraction of sp³-hybridized carbons (Fsp3) is 0.231. The zero-order valence-corrected chi connectivity index (χ0v) is 13.1. The number of benzene rings is 1. The maximum Gasteiger partial charge on any atom is 0.423 e. The van der Waals surface area contributed by atoms with Crippen LogP contribution in [0.4, 0.5) is 24.8 Å². The van der Waals surface area contributed by atoms with Crippen molar-refractivity contribution in [2.45, 2.75) is 13.1 Å². The zero-order chi connectivity index (χ0) is 15.5. The molecular formula is C13H11F3IN3O. The van der Waals surface area contributed by atoms with E-state index in [9.17, 15) is 13.2 Å². The fourth-order valence-corrected chi connectivity index (χ4v) is 2.11.